The first kappa shape index (κ1) is 19.4. The van der Waals surface area contributed by atoms with Crippen LogP contribution in [0.1, 0.15) is 44.3 Å². The fourth-order valence-corrected chi connectivity index (χ4v) is 4.64. The molecule has 1 aliphatic carbocycles. The highest BCUT2D eigenvalue weighted by atomic mass is 16.5. The van der Waals surface area contributed by atoms with Gasteiger partial charge < -0.3 is 19.8 Å². The zero-order valence-corrected chi connectivity index (χ0v) is 17.3. The molecule has 8 nitrogen and oxygen atoms in total. The smallest absolute Gasteiger partial charge is 0.280 e. The van der Waals surface area contributed by atoms with Crippen molar-refractivity contribution in [2.24, 2.45) is 0 Å². The summed E-state index contributed by atoms with van der Waals surface area (Å²) in [6.45, 7) is 3.07. The molecule has 2 aliphatic rings. The van der Waals surface area contributed by atoms with E-state index in [-0.39, 0.29) is 6.04 Å². The molecule has 1 aliphatic heterocycles. The van der Waals surface area contributed by atoms with Gasteiger partial charge >= 0.3 is 0 Å². The van der Waals surface area contributed by atoms with Crippen molar-refractivity contribution in [3.05, 3.63) is 30.1 Å². The lowest BCUT2D eigenvalue weighted by Crippen LogP contribution is -2.55. The third-order valence-electron chi connectivity index (χ3n) is 6.22. The number of aliphatic hydroxyl groups is 1. The maximum absolute atomic E-state index is 10.9. The van der Waals surface area contributed by atoms with Crippen molar-refractivity contribution in [2.75, 3.05) is 18.0 Å². The number of fused-ring (bicyclic) bond motifs is 1. The number of hydrogen-bond donors (Lipinski definition) is 2. The maximum atomic E-state index is 10.9. The average Bonchev–Trinajstić information content (AvgIpc) is 3.21. The van der Waals surface area contributed by atoms with Gasteiger partial charge in [-0.3, -0.25) is 0 Å². The number of piperidine rings is 1. The Labute approximate surface area is 175 Å². The van der Waals surface area contributed by atoms with Crippen molar-refractivity contribution in [1.82, 2.24) is 25.4 Å². The predicted octanol–water partition coefficient (Wildman–Crippen LogP) is 2.85. The normalized spacial score (nSPS) is 23.2. The zero-order chi connectivity index (χ0) is 20.5. The molecule has 1 saturated heterocycles. The van der Waals surface area contributed by atoms with Gasteiger partial charge in [-0.2, -0.15) is 4.98 Å². The molecule has 3 aromatic rings. The van der Waals surface area contributed by atoms with E-state index >= 15 is 0 Å². The molecule has 8 heteroatoms. The molecule has 2 N–H and O–H groups in total. The summed E-state index contributed by atoms with van der Waals surface area (Å²) in [5.74, 6) is 1.60. The van der Waals surface area contributed by atoms with E-state index in [4.69, 9.17) is 14.5 Å². The van der Waals surface area contributed by atoms with Crippen molar-refractivity contribution >= 4 is 16.9 Å². The number of aromatic nitrogens is 4. The minimum Gasteiger partial charge on any atom is -0.390 e. The molecule has 30 heavy (non-hydrogen) atoms. The van der Waals surface area contributed by atoms with Crippen LogP contribution in [0.2, 0.25) is 0 Å². The number of anilines is 1. The summed E-state index contributed by atoms with van der Waals surface area (Å²) in [4.78, 5) is 16.1. The number of rotatable bonds is 4. The molecule has 0 bridgehead atoms. The highest BCUT2D eigenvalue weighted by Crippen LogP contribution is 2.31. The number of benzene rings is 1. The lowest BCUT2D eigenvalue weighted by atomic mass is 9.93. The molecule has 2 fully saturated rings. The largest absolute Gasteiger partial charge is 0.390 e. The summed E-state index contributed by atoms with van der Waals surface area (Å²) in [5, 5.41) is 18.5. The highest BCUT2D eigenvalue weighted by molar-refractivity contribution is 5.81. The third kappa shape index (κ3) is 3.89. The van der Waals surface area contributed by atoms with Crippen LogP contribution in [0.15, 0.2) is 28.8 Å². The summed E-state index contributed by atoms with van der Waals surface area (Å²) in [6, 6.07) is 8.41. The van der Waals surface area contributed by atoms with Crippen LogP contribution in [-0.2, 0) is 0 Å². The first-order chi connectivity index (χ1) is 14.7. The Morgan fingerprint density at radius 3 is 2.50 bits per heavy atom. The minimum absolute atomic E-state index is 0.117. The first-order valence-electron chi connectivity index (χ1n) is 10.9. The molecular weight excluding hydrogens is 380 g/mol. The summed E-state index contributed by atoms with van der Waals surface area (Å²) in [7, 11) is 0. The molecule has 158 valence electrons. The van der Waals surface area contributed by atoms with Crippen LogP contribution < -0.4 is 10.2 Å². The maximum Gasteiger partial charge on any atom is 0.280 e. The number of para-hydroxylation sites is 2. The van der Waals surface area contributed by atoms with Crippen molar-refractivity contribution < 1.29 is 9.63 Å². The van der Waals surface area contributed by atoms with Crippen molar-refractivity contribution in [3.8, 4) is 11.6 Å². The monoisotopic (exact) mass is 408 g/mol. The van der Waals surface area contributed by atoms with Gasteiger partial charge in [0, 0.05) is 25.2 Å². The molecule has 0 radical (unpaired) electrons. The number of aryl methyl sites for hydroxylation is 1. The van der Waals surface area contributed by atoms with Gasteiger partial charge in [0.05, 0.1) is 17.1 Å². The SMILES string of the molecule is Cc1noc(-c2nc3ccccc3nc2N2CC[C@@H](NC3CCCCC3)[C@H](O)C2)n1. The van der Waals surface area contributed by atoms with Crippen LogP contribution >= 0.6 is 0 Å². The quantitative estimate of drug-likeness (QED) is 0.680. The lowest BCUT2D eigenvalue weighted by molar-refractivity contribution is 0.103. The van der Waals surface area contributed by atoms with Crippen LogP contribution in [0.3, 0.4) is 0 Å². The number of hydrogen-bond acceptors (Lipinski definition) is 8. The van der Waals surface area contributed by atoms with Crippen LogP contribution in [0.25, 0.3) is 22.6 Å². The highest BCUT2D eigenvalue weighted by Gasteiger charge is 2.32. The number of aliphatic hydroxyl groups excluding tert-OH is 1. The molecule has 2 atom stereocenters. The molecule has 0 amide bonds. The zero-order valence-electron chi connectivity index (χ0n) is 17.3. The van der Waals surface area contributed by atoms with E-state index in [0.717, 1.165) is 24.0 Å². The van der Waals surface area contributed by atoms with Crippen molar-refractivity contribution in [1.29, 1.82) is 0 Å². The van der Waals surface area contributed by atoms with Crippen molar-refractivity contribution in [2.45, 2.75) is 63.6 Å². The third-order valence-corrected chi connectivity index (χ3v) is 6.22. The summed E-state index contributed by atoms with van der Waals surface area (Å²) in [5.41, 5.74) is 2.16. The van der Waals surface area contributed by atoms with E-state index in [9.17, 15) is 5.11 Å². The van der Waals surface area contributed by atoms with Gasteiger partial charge in [-0.05, 0) is 38.3 Å². The van der Waals surface area contributed by atoms with Gasteiger partial charge in [-0.1, -0.05) is 36.6 Å². The molecular formula is C22H28N6O2. The lowest BCUT2D eigenvalue weighted by Gasteiger charge is -2.39. The van der Waals surface area contributed by atoms with Gasteiger partial charge in [-0.15, -0.1) is 0 Å². The van der Waals surface area contributed by atoms with Gasteiger partial charge in [0.1, 0.15) is 0 Å². The Morgan fingerprint density at radius 1 is 1.03 bits per heavy atom. The Morgan fingerprint density at radius 2 is 1.80 bits per heavy atom. The van der Waals surface area contributed by atoms with Crippen LogP contribution in [-0.4, -0.2) is 56.5 Å². The molecule has 2 aromatic heterocycles. The second-order valence-corrected chi connectivity index (χ2v) is 8.44. The standard InChI is InChI=1S/C22H28N6O2/c1-14-23-22(30-27-14)20-21(26-17-10-6-5-9-16(17)25-20)28-12-11-18(19(29)13-28)24-15-7-3-2-4-8-15/h5-6,9-10,15,18-19,24,29H,2-4,7-8,11-13H2,1H3/t18-,19-/m1/s1. The Balaban J connectivity index is 1.41. The average molecular weight is 409 g/mol. The van der Waals surface area contributed by atoms with Crippen LogP contribution in [0.4, 0.5) is 5.82 Å². The van der Waals surface area contributed by atoms with E-state index in [1.165, 1.54) is 32.1 Å². The Kier molecular flexibility index (Phi) is 5.35. The first-order valence-corrected chi connectivity index (χ1v) is 10.9. The Hall–Kier alpha value is -2.58. The van der Waals surface area contributed by atoms with Gasteiger partial charge in [0.25, 0.3) is 5.89 Å². The van der Waals surface area contributed by atoms with Crippen LogP contribution in [0, 0.1) is 6.92 Å². The fourth-order valence-electron chi connectivity index (χ4n) is 4.64. The Bertz CT molecular complexity index is 1020. The number of nitrogens with zero attached hydrogens (tertiary/aromatic N) is 5. The van der Waals surface area contributed by atoms with E-state index in [1.54, 1.807) is 6.92 Å². The molecule has 1 saturated carbocycles. The van der Waals surface area contributed by atoms with Gasteiger partial charge in [0.2, 0.25) is 0 Å². The number of nitrogens with one attached hydrogen (secondary N) is 1. The molecule has 5 rings (SSSR count). The van der Waals surface area contributed by atoms with Crippen LogP contribution in [0.5, 0.6) is 0 Å². The molecule has 0 unspecified atom stereocenters. The van der Waals surface area contributed by atoms with E-state index in [0.29, 0.717) is 35.8 Å². The molecule has 1 aromatic carbocycles. The molecule has 0 spiro atoms. The van der Waals surface area contributed by atoms with Crippen molar-refractivity contribution in [3.63, 3.8) is 0 Å². The minimum atomic E-state index is -0.466. The summed E-state index contributed by atoms with van der Waals surface area (Å²) >= 11 is 0. The number of β-amino-alcohol motifs (C(OH)–C–C–N with tert-alkyl or cyclic N) is 1. The van der Waals surface area contributed by atoms with Gasteiger partial charge in [0.15, 0.2) is 17.3 Å². The fraction of sp³-hybridized carbons (Fsp3) is 0.545. The van der Waals surface area contributed by atoms with E-state index in [1.807, 2.05) is 24.3 Å². The second kappa shape index (κ2) is 8.28. The van der Waals surface area contributed by atoms with E-state index in [2.05, 4.69) is 20.4 Å². The molecule has 3 heterocycles. The summed E-state index contributed by atoms with van der Waals surface area (Å²) in [6.07, 6.45) is 6.71. The van der Waals surface area contributed by atoms with Gasteiger partial charge in [-0.25, -0.2) is 9.97 Å². The van der Waals surface area contributed by atoms with E-state index < -0.39 is 6.10 Å². The summed E-state index contributed by atoms with van der Waals surface area (Å²) < 4.78 is 5.41. The predicted molar refractivity (Wildman–Crippen MR) is 114 cm³/mol. The second-order valence-electron chi connectivity index (χ2n) is 8.44. The topological polar surface area (TPSA) is 100 Å².